The highest BCUT2D eigenvalue weighted by Crippen LogP contribution is 2.30. The van der Waals surface area contributed by atoms with Crippen molar-refractivity contribution < 1.29 is 13.2 Å². The van der Waals surface area contributed by atoms with Gasteiger partial charge in [-0.3, -0.25) is 0 Å². The molecule has 0 bridgehead atoms. The van der Waals surface area contributed by atoms with Gasteiger partial charge in [-0.05, 0) is 43.0 Å². The van der Waals surface area contributed by atoms with Crippen molar-refractivity contribution in [2.75, 3.05) is 0 Å². The van der Waals surface area contributed by atoms with Crippen molar-refractivity contribution in [2.24, 2.45) is 5.14 Å². The summed E-state index contributed by atoms with van der Waals surface area (Å²) < 4.78 is 28.6. The number of nitrogens with two attached hydrogens (primary N) is 1. The van der Waals surface area contributed by atoms with E-state index in [1.807, 2.05) is 20.8 Å². The van der Waals surface area contributed by atoms with Gasteiger partial charge in [-0.1, -0.05) is 27.2 Å². The lowest BCUT2D eigenvalue weighted by Gasteiger charge is -2.19. The number of benzene rings is 1. The van der Waals surface area contributed by atoms with Gasteiger partial charge in [0.2, 0.25) is 10.0 Å². The molecule has 19 heavy (non-hydrogen) atoms. The molecule has 1 rings (SSSR count). The highest BCUT2D eigenvalue weighted by Gasteiger charge is 2.15. The summed E-state index contributed by atoms with van der Waals surface area (Å²) in [7, 11) is -3.67. The fourth-order valence-electron chi connectivity index (χ4n) is 1.94. The maximum atomic E-state index is 11.4. The molecule has 108 valence electrons. The fourth-order valence-corrected chi connectivity index (χ4v) is 2.49. The molecular weight excluding hydrogens is 262 g/mol. The summed E-state index contributed by atoms with van der Waals surface area (Å²) >= 11 is 0. The van der Waals surface area contributed by atoms with E-state index in [0.717, 1.165) is 24.2 Å². The van der Waals surface area contributed by atoms with Crippen molar-refractivity contribution in [3.63, 3.8) is 0 Å². The van der Waals surface area contributed by atoms with E-state index in [1.54, 1.807) is 12.1 Å². The van der Waals surface area contributed by atoms with E-state index in [2.05, 4.69) is 6.92 Å². The predicted octanol–water partition coefficient (Wildman–Crippen LogP) is 3.02. The third kappa shape index (κ3) is 4.51. The zero-order valence-corrected chi connectivity index (χ0v) is 12.8. The summed E-state index contributed by atoms with van der Waals surface area (Å²) in [4.78, 5) is 0.131. The van der Waals surface area contributed by atoms with Crippen LogP contribution in [0.1, 0.15) is 52.0 Å². The first-order valence-electron chi connectivity index (χ1n) is 6.59. The Morgan fingerprint density at radius 3 is 2.37 bits per heavy atom. The van der Waals surface area contributed by atoms with Gasteiger partial charge in [0.1, 0.15) is 5.75 Å². The van der Waals surface area contributed by atoms with Gasteiger partial charge in [0, 0.05) is 0 Å². The molecule has 1 atom stereocenters. The Labute approximate surface area is 116 Å². The lowest BCUT2D eigenvalue weighted by atomic mass is 10.0. The molecule has 0 aliphatic rings. The summed E-state index contributed by atoms with van der Waals surface area (Å²) in [6.07, 6.45) is 2.13. The standard InChI is InChI=1S/C14H23NO3S/c1-5-6-11(4)18-14-8-7-12(19(15,16)17)9-13(14)10(2)3/h7-11H,5-6H2,1-4H3,(H2,15,16,17). The molecule has 0 aliphatic carbocycles. The van der Waals surface area contributed by atoms with Crippen LogP contribution in [0, 0.1) is 0 Å². The van der Waals surface area contributed by atoms with Crippen molar-refractivity contribution in [3.05, 3.63) is 23.8 Å². The van der Waals surface area contributed by atoms with Crippen LogP contribution in [-0.4, -0.2) is 14.5 Å². The van der Waals surface area contributed by atoms with Gasteiger partial charge in [-0.25, -0.2) is 13.6 Å². The lowest BCUT2D eigenvalue weighted by Crippen LogP contribution is -2.15. The second kappa shape index (κ2) is 6.39. The maximum absolute atomic E-state index is 11.4. The summed E-state index contributed by atoms with van der Waals surface area (Å²) in [6, 6.07) is 4.80. The third-order valence-corrected chi connectivity index (χ3v) is 3.87. The van der Waals surface area contributed by atoms with Crippen LogP contribution in [0.15, 0.2) is 23.1 Å². The summed E-state index contributed by atoms with van der Waals surface area (Å²) in [5.74, 6) is 0.911. The normalized spacial score (nSPS) is 13.6. The molecule has 1 unspecified atom stereocenters. The number of primary sulfonamides is 1. The van der Waals surface area contributed by atoms with Crippen molar-refractivity contribution in [2.45, 2.75) is 57.5 Å². The fraction of sp³-hybridized carbons (Fsp3) is 0.571. The number of ether oxygens (including phenoxy) is 1. The van der Waals surface area contributed by atoms with E-state index in [4.69, 9.17) is 9.88 Å². The monoisotopic (exact) mass is 285 g/mol. The van der Waals surface area contributed by atoms with E-state index in [-0.39, 0.29) is 16.9 Å². The molecule has 0 radical (unpaired) electrons. The van der Waals surface area contributed by atoms with E-state index in [1.165, 1.54) is 6.07 Å². The molecule has 0 saturated carbocycles. The average molecular weight is 285 g/mol. The number of hydrogen-bond donors (Lipinski definition) is 1. The van der Waals surface area contributed by atoms with Crippen molar-refractivity contribution in [1.29, 1.82) is 0 Å². The largest absolute Gasteiger partial charge is 0.490 e. The minimum atomic E-state index is -3.67. The molecule has 5 heteroatoms. The molecule has 0 heterocycles. The van der Waals surface area contributed by atoms with Gasteiger partial charge in [0.15, 0.2) is 0 Å². The first-order chi connectivity index (χ1) is 8.75. The van der Waals surface area contributed by atoms with Crippen LogP contribution in [0.25, 0.3) is 0 Å². The Balaban J connectivity index is 3.12. The second-order valence-corrected chi connectivity index (χ2v) is 6.68. The number of rotatable bonds is 6. The Morgan fingerprint density at radius 2 is 1.89 bits per heavy atom. The summed E-state index contributed by atoms with van der Waals surface area (Å²) in [5.41, 5.74) is 0.870. The van der Waals surface area contributed by atoms with Crippen molar-refractivity contribution >= 4 is 10.0 Å². The van der Waals surface area contributed by atoms with Gasteiger partial charge in [0.05, 0.1) is 11.0 Å². The summed E-state index contributed by atoms with van der Waals surface area (Å²) in [5, 5.41) is 5.16. The first-order valence-corrected chi connectivity index (χ1v) is 8.13. The predicted molar refractivity (Wildman–Crippen MR) is 76.9 cm³/mol. The van der Waals surface area contributed by atoms with E-state index in [9.17, 15) is 8.42 Å². The molecule has 0 aliphatic heterocycles. The van der Waals surface area contributed by atoms with Gasteiger partial charge < -0.3 is 4.74 Å². The van der Waals surface area contributed by atoms with E-state index < -0.39 is 10.0 Å². The van der Waals surface area contributed by atoms with Gasteiger partial charge in [0.25, 0.3) is 0 Å². The second-order valence-electron chi connectivity index (χ2n) is 5.12. The van der Waals surface area contributed by atoms with Gasteiger partial charge in [-0.2, -0.15) is 0 Å². The Bertz CT molecular complexity index is 523. The number of sulfonamides is 1. The Hall–Kier alpha value is -1.07. The van der Waals surface area contributed by atoms with E-state index in [0.29, 0.717) is 0 Å². The first kappa shape index (κ1) is 16.0. The van der Waals surface area contributed by atoms with E-state index >= 15 is 0 Å². The minimum absolute atomic E-state index is 0.114. The van der Waals surface area contributed by atoms with Crippen LogP contribution in [0.4, 0.5) is 0 Å². The molecule has 2 N–H and O–H groups in total. The van der Waals surface area contributed by atoms with Crippen LogP contribution >= 0.6 is 0 Å². The minimum Gasteiger partial charge on any atom is -0.490 e. The third-order valence-electron chi connectivity index (χ3n) is 2.96. The van der Waals surface area contributed by atoms with Crippen LogP contribution in [0.5, 0.6) is 5.75 Å². The molecule has 0 fully saturated rings. The molecule has 0 amide bonds. The van der Waals surface area contributed by atoms with Crippen LogP contribution in [-0.2, 0) is 10.0 Å². The van der Waals surface area contributed by atoms with Gasteiger partial charge in [-0.15, -0.1) is 0 Å². The smallest absolute Gasteiger partial charge is 0.238 e. The topological polar surface area (TPSA) is 69.4 Å². The molecular formula is C14H23NO3S. The van der Waals surface area contributed by atoms with Crippen molar-refractivity contribution in [1.82, 2.24) is 0 Å². The highest BCUT2D eigenvalue weighted by molar-refractivity contribution is 7.89. The highest BCUT2D eigenvalue weighted by atomic mass is 32.2. The van der Waals surface area contributed by atoms with Crippen LogP contribution < -0.4 is 9.88 Å². The van der Waals surface area contributed by atoms with Crippen LogP contribution in [0.3, 0.4) is 0 Å². The summed E-state index contributed by atoms with van der Waals surface area (Å²) in [6.45, 7) is 8.12. The number of hydrogen-bond acceptors (Lipinski definition) is 3. The Morgan fingerprint density at radius 1 is 1.26 bits per heavy atom. The molecule has 0 spiro atoms. The molecule has 0 aromatic heterocycles. The van der Waals surface area contributed by atoms with Gasteiger partial charge >= 0.3 is 0 Å². The lowest BCUT2D eigenvalue weighted by molar-refractivity contribution is 0.207. The Kier molecular flexibility index (Phi) is 5.38. The van der Waals surface area contributed by atoms with Crippen LogP contribution in [0.2, 0.25) is 0 Å². The zero-order chi connectivity index (χ0) is 14.6. The SMILES string of the molecule is CCCC(C)Oc1ccc(S(N)(=O)=O)cc1C(C)C. The molecule has 1 aromatic carbocycles. The molecule has 4 nitrogen and oxygen atoms in total. The van der Waals surface area contributed by atoms with Crippen molar-refractivity contribution in [3.8, 4) is 5.75 Å². The molecule has 0 saturated heterocycles. The zero-order valence-electron chi connectivity index (χ0n) is 12.0. The molecule has 1 aromatic rings. The average Bonchev–Trinajstić information content (AvgIpc) is 2.27. The quantitative estimate of drug-likeness (QED) is 0.873. The maximum Gasteiger partial charge on any atom is 0.238 e.